The van der Waals surface area contributed by atoms with Crippen LogP contribution >= 0.6 is 0 Å². The predicted octanol–water partition coefficient (Wildman–Crippen LogP) is 2.32. The molecule has 0 aromatic heterocycles. The lowest BCUT2D eigenvalue weighted by Gasteiger charge is -2.07. The highest BCUT2D eigenvalue weighted by Crippen LogP contribution is 2.18. The SMILES string of the molecule is COc1ccc(C(=O)CCCCN)c(C)c1. The number of rotatable bonds is 6. The number of unbranched alkanes of at least 4 members (excludes halogenated alkanes) is 1. The van der Waals surface area contributed by atoms with Crippen molar-refractivity contribution in [1.82, 2.24) is 0 Å². The van der Waals surface area contributed by atoms with Crippen molar-refractivity contribution in [3.05, 3.63) is 29.3 Å². The van der Waals surface area contributed by atoms with Crippen LogP contribution in [-0.4, -0.2) is 19.4 Å². The highest BCUT2D eigenvalue weighted by atomic mass is 16.5. The Balaban J connectivity index is 2.68. The molecule has 0 aliphatic carbocycles. The zero-order chi connectivity index (χ0) is 12.0. The van der Waals surface area contributed by atoms with Crippen molar-refractivity contribution >= 4 is 5.78 Å². The van der Waals surface area contributed by atoms with Crippen molar-refractivity contribution in [2.24, 2.45) is 5.73 Å². The minimum absolute atomic E-state index is 0.189. The Bertz CT molecular complexity index is 361. The highest BCUT2D eigenvalue weighted by Gasteiger charge is 2.09. The number of carbonyl (C=O) groups excluding carboxylic acids is 1. The molecule has 1 aromatic carbocycles. The molecule has 0 aliphatic rings. The molecule has 0 saturated heterocycles. The summed E-state index contributed by atoms with van der Waals surface area (Å²) in [6.07, 6.45) is 2.34. The second-order valence-electron chi connectivity index (χ2n) is 3.85. The molecule has 1 rings (SSSR count). The summed E-state index contributed by atoms with van der Waals surface area (Å²) in [4.78, 5) is 11.9. The van der Waals surface area contributed by atoms with Gasteiger partial charge in [0.25, 0.3) is 0 Å². The number of hydrogen-bond acceptors (Lipinski definition) is 3. The zero-order valence-corrected chi connectivity index (χ0v) is 9.95. The van der Waals surface area contributed by atoms with Crippen LogP contribution in [0.2, 0.25) is 0 Å². The van der Waals surface area contributed by atoms with Crippen LogP contribution in [0.5, 0.6) is 5.75 Å². The monoisotopic (exact) mass is 221 g/mol. The molecule has 16 heavy (non-hydrogen) atoms. The first-order valence-electron chi connectivity index (χ1n) is 5.57. The van der Waals surface area contributed by atoms with Crippen LogP contribution in [0.3, 0.4) is 0 Å². The Morgan fingerprint density at radius 3 is 2.69 bits per heavy atom. The van der Waals surface area contributed by atoms with Crippen LogP contribution in [0.4, 0.5) is 0 Å². The van der Waals surface area contributed by atoms with Crippen molar-refractivity contribution in [3.63, 3.8) is 0 Å². The number of Topliss-reactive ketones (excluding diaryl/α,β-unsaturated/α-hetero) is 1. The van der Waals surface area contributed by atoms with E-state index in [0.29, 0.717) is 13.0 Å². The Morgan fingerprint density at radius 1 is 1.38 bits per heavy atom. The first kappa shape index (κ1) is 12.7. The Labute approximate surface area is 96.6 Å². The van der Waals surface area contributed by atoms with E-state index in [2.05, 4.69) is 0 Å². The maximum Gasteiger partial charge on any atom is 0.163 e. The van der Waals surface area contributed by atoms with Crippen LogP contribution in [-0.2, 0) is 0 Å². The van der Waals surface area contributed by atoms with Crippen LogP contribution in [0.1, 0.15) is 35.2 Å². The number of ketones is 1. The molecule has 3 heteroatoms. The number of ether oxygens (including phenoxy) is 1. The molecule has 0 atom stereocenters. The van der Waals surface area contributed by atoms with Gasteiger partial charge in [-0.3, -0.25) is 4.79 Å². The summed E-state index contributed by atoms with van der Waals surface area (Å²) in [6.45, 7) is 2.58. The summed E-state index contributed by atoms with van der Waals surface area (Å²) in [5.41, 5.74) is 7.15. The molecule has 0 unspecified atom stereocenters. The minimum atomic E-state index is 0.189. The summed E-state index contributed by atoms with van der Waals surface area (Å²) in [5, 5.41) is 0. The molecule has 0 heterocycles. The molecule has 0 amide bonds. The number of methoxy groups -OCH3 is 1. The van der Waals surface area contributed by atoms with E-state index in [1.807, 2.05) is 25.1 Å². The lowest BCUT2D eigenvalue weighted by Crippen LogP contribution is -2.04. The second-order valence-corrected chi connectivity index (χ2v) is 3.85. The summed E-state index contributed by atoms with van der Waals surface area (Å²) in [5.74, 6) is 0.976. The highest BCUT2D eigenvalue weighted by molar-refractivity contribution is 5.97. The van der Waals surface area contributed by atoms with Gasteiger partial charge in [0, 0.05) is 12.0 Å². The van der Waals surface area contributed by atoms with E-state index in [4.69, 9.17) is 10.5 Å². The molecule has 0 saturated carbocycles. The summed E-state index contributed by atoms with van der Waals surface area (Å²) >= 11 is 0. The van der Waals surface area contributed by atoms with Crippen molar-refractivity contribution < 1.29 is 9.53 Å². The van der Waals surface area contributed by atoms with Crippen LogP contribution in [0, 0.1) is 6.92 Å². The van der Waals surface area contributed by atoms with Gasteiger partial charge in [0.05, 0.1) is 7.11 Å². The van der Waals surface area contributed by atoms with Gasteiger partial charge in [-0.2, -0.15) is 0 Å². The fourth-order valence-corrected chi connectivity index (χ4v) is 1.64. The van der Waals surface area contributed by atoms with Crippen LogP contribution < -0.4 is 10.5 Å². The first-order chi connectivity index (χ1) is 7.69. The molecule has 88 valence electrons. The molecule has 0 spiro atoms. The van der Waals surface area contributed by atoms with E-state index >= 15 is 0 Å². The Morgan fingerprint density at radius 2 is 2.12 bits per heavy atom. The second kappa shape index (κ2) is 6.28. The average molecular weight is 221 g/mol. The summed E-state index contributed by atoms with van der Waals surface area (Å²) < 4.78 is 5.10. The third-order valence-corrected chi connectivity index (χ3v) is 2.59. The van der Waals surface area contributed by atoms with Gasteiger partial charge in [-0.05, 0) is 50.1 Å². The molecule has 0 fully saturated rings. The average Bonchev–Trinajstić information content (AvgIpc) is 2.29. The predicted molar refractivity (Wildman–Crippen MR) is 65.0 cm³/mol. The normalized spacial score (nSPS) is 10.2. The lowest BCUT2D eigenvalue weighted by atomic mass is 10.0. The third kappa shape index (κ3) is 3.35. The van der Waals surface area contributed by atoms with Crippen molar-refractivity contribution in [2.75, 3.05) is 13.7 Å². The number of benzene rings is 1. The van der Waals surface area contributed by atoms with Gasteiger partial charge in [-0.1, -0.05) is 0 Å². The van der Waals surface area contributed by atoms with Gasteiger partial charge < -0.3 is 10.5 Å². The Kier molecular flexibility index (Phi) is 4.99. The zero-order valence-electron chi connectivity index (χ0n) is 9.95. The molecular formula is C13H19NO2. The van der Waals surface area contributed by atoms with E-state index in [-0.39, 0.29) is 5.78 Å². The first-order valence-corrected chi connectivity index (χ1v) is 5.57. The van der Waals surface area contributed by atoms with Crippen molar-refractivity contribution in [3.8, 4) is 5.75 Å². The smallest absolute Gasteiger partial charge is 0.163 e. The standard InChI is InChI=1S/C13H19NO2/c1-10-9-11(16-2)6-7-12(10)13(15)5-3-4-8-14/h6-7,9H,3-5,8,14H2,1-2H3. The fraction of sp³-hybridized carbons (Fsp3) is 0.462. The third-order valence-electron chi connectivity index (χ3n) is 2.59. The summed E-state index contributed by atoms with van der Waals surface area (Å²) in [7, 11) is 1.62. The molecule has 0 aliphatic heterocycles. The Hall–Kier alpha value is -1.35. The van der Waals surface area contributed by atoms with Gasteiger partial charge in [0.2, 0.25) is 0 Å². The van der Waals surface area contributed by atoms with Crippen LogP contribution in [0.25, 0.3) is 0 Å². The van der Waals surface area contributed by atoms with E-state index in [0.717, 1.165) is 29.7 Å². The van der Waals surface area contributed by atoms with Gasteiger partial charge >= 0.3 is 0 Å². The molecule has 0 radical (unpaired) electrons. The maximum atomic E-state index is 11.9. The van der Waals surface area contributed by atoms with Gasteiger partial charge in [0.1, 0.15) is 5.75 Å². The molecule has 2 N–H and O–H groups in total. The number of carbonyl (C=O) groups is 1. The quantitative estimate of drug-likeness (QED) is 0.592. The van der Waals surface area contributed by atoms with E-state index < -0.39 is 0 Å². The van der Waals surface area contributed by atoms with Crippen molar-refractivity contribution in [2.45, 2.75) is 26.2 Å². The van der Waals surface area contributed by atoms with Crippen LogP contribution in [0.15, 0.2) is 18.2 Å². The fourth-order valence-electron chi connectivity index (χ4n) is 1.64. The minimum Gasteiger partial charge on any atom is -0.497 e. The van der Waals surface area contributed by atoms with E-state index in [9.17, 15) is 4.79 Å². The molecular weight excluding hydrogens is 202 g/mol. The summed E-state index contributed by atoms with van der Waals surface area (Å²) in [6, 6.07) is 5.54. The molecule has 1 aromatic rings. The molecule has 0 bridgehead atoms. The maximum absolute atomic E-state index is 11.9. The van der Waals surface area contributed by atoms with E-state index in [1.165, 1.54) is 0 Å². The number of hydrogen-bond donors (Lipinski definition) is 1. The lowest BCUT2D eigenvalue weighted by molar-refractivity contribution is 0.0979. The van der Waals surface area contributed by atoms with Gasteiger partial charge in [-0.25, -0.2) is 0 Å². The van der Waals surface area contributed by atoms with E-state index in [1.54, 1.807) is 7.11 Å². The van der Waals surface area contributed by atoms with Gasteiger partial charge in [0.15, 0.2) is 5.78 Å². The molecule has 3 nitrogen and oxygen atoms in total. The number of aryl methyl sites for hydroxylation is 1. The number of nitrogens with two attached hydrogens (primary N) is 1. The topological polar surface area (TPSA) is 52.3 Å². The van der Waals surface area contributed by atoms with Crippen molar-refractivity contribution in [1.29, 1.82) is 0 Å². The largest absolute Gasteiger partial charge is 0.497 e. The van der Waals surface area contributed by atoms with Gasteiger partial charge in [-0.15, -0.1) is 0 Å².